The highest BCUT2D eigenvalue weighted by Crippen LogP contribution is 2.37. The number of hydrogen-bond donors (Lipinski definition) is 4. The first-order valence-electron chi connectivity index (χ1n) is 14.3. The van der Waals surface area contributed by atoms with Gasteiger partial charge < -0.3 is 20.7 Å². The Kier molecular flexibility index (Phi) is 9.91. The molecule has 2 fully saturated rings. The molecule has 2 aliphatic rings. The van der Waals surface area contributed by atoms with Crippen LogP contribution >= 0.6 is 11.6 Å². The zero-order valence-corrected chi connectivity index (χ0v) is 24.7. The van der Waals surface area contributed by atoms with Gasteiger partial charge in [-0.2, -0.15) is 0 Å². The molecule has 4 rings (SSSR count). The van der Waals surface area contributed by atoms with Crippen molar-refractivity contribution in [1.82, 2.24) is 20.9 Å². The molecule has 220 valence electrons. The molecule has 3 atom stereocenters. The molecule has 1 saturated heterocycles. The van der Waals surface area contributed by atoms with Gasteiger partial charge in [-0.05, 0) is 61.1 Å². The van der Waals surface area contributed by atoms with E-state index >= 15 is 0 Å². The Hall–Kier alpha value is -3.59. The average Bonchev–Trinajstić information content (AvgIpc) is 3.77. The van der Waals surface area contributed by atoms with E-state index in [4.69, 9.17) is 21.7 Å². The van der Waals surface area contributed by atoms with Crippen LogP contribution in [0.25, 0.3) is 0 Å². The van der Waals surface area contributed by atoms with Crippen LogP contribution in [-0.4, -0.2) is 54.5 Å². The maximum Gasteiger partial charge on any atom is 0.407 e. The van der Waals surface area contributed by atoms with Gasteiger partial charge >= 0.3 is 6.09 Å². The lowest BCUT2D eigenvalue weighted by Gasteiger charge is -2.29. The number of benzene rings is 2. The zero-order valence-electron chi connectivity index (χ0n) is 23.9. The molecule has 2 aromatic rings. The highest BCUT2D eigenvalue weighted by Gasteiger charge is 2.50. The summed E-state index contributed by atoms with van der Waals surface area (Å²) in [5.41, 5.74) is 0.648. The highest BCUT2D eigenvalue weighted by molar-refractivity contribution is 6.31. The second kappa shape index (κ2) is 13.4. The Labute approximate surface area is 246 Å². The summed E-state index contributed by atoms with van der Waals surface area (Å²) in [5.74, 6) is 0.268. The Morgan fingerprint density at radius 3 is 2.44 bits per heavy atom. The molecule has 4 N–H and O–H groups in total. The number of amides is 3. The van der Waals surface area contributed by atoms with Crippen LogP contribution in [0.1, 0.15) is 57.1 Å². The smallest absolute Gasteiger partial charge is 0.407 e. The molecular weight excluding hydrogens is 542 g/mol. The lowest BCUT2D eigenvalue weighted by Crippen LogP contribution is -2.51. The molecule has 1 heterocycles. The first-order chi connectivity index (χ1) is 19.6. The Bertz CT molecular complexity index is 1250. The summed E-state index contributed by atoms with van der Waals surface area (Å²) >= 11 is 6.32. The fraction of sp³-hybridized carbons (Fsp3) is 0.484. The Morgan fingerprint density at radius 1 is 1.12 bits per heavy atom. The van der Waals surface area contributed by atoms with Gasteiger partial charge in [-0.3, -0.25) is 19.9 Å². The van der Waals surface area contributed by atoms with Crippen molar-refractivity contribution in [2.75, 3.05) is 13.7 Å². The summed E-state index contributed by atoms with van der Waals surface area (Å²) in [6.45, 7) is 4.52. The number of alkyl carbamates (subject to hydrolysis) is 1. The van der Waals surface area contributed by atoms with E-state index in [1.807, 2.05) is 48.5 Å². The predicted molar refractivity (Wildman–Crippen MR) is 159 cm³/mol. The third-order valence-electron chi connectivity index (χ3n) is 7.78. The molecule has 2 aromatic carbocycles. The van der Waals surface area contributed by atoms with Crippen molar-refractivity contribution in [3.63, 3.8) is 0 Å². The van der Waals surface area contributed by atoms with Crippen LogP contribution in [0.3, 0.4) is 0 Å². The van der Waals surface area contributed by atoms with Crippen molar-refractivity contribution < 1.29 is 19.1 Å². The third-order valence-corrected chi connectivity index (χ3v) is 8.15. The van der Waals surface area contributed by atoms with Crippen molar-refractivity contribution in [2.45, 2.75) is 70.0 Å². The average molecular weight is 582 g/mol. The van der Waals surface area contributed by atoms with E-state index in [-0.39, 0.29) is 36.2 Å². The van der Waals surface area contributed by atoms with Crippen LogP contribution in [0.2, 0.25) is 5.02 Å². The van der Waals surface area contributed by atoms with Crippen molar-refractivity contribution in [3.05, 3.63) is 70.7 Å². The summed E-state index contributed by atoms with van der Waals surface area (Å²) in [4.78, 5) is 40.7. The lowest BCUT2D eigenvalue weighted by atomic mass is 9.82. The molecule has 0 aromatic heterocycles. The molecule has 0 radical (unpaired) electrons. The number of ether oxygens (including phenoxy) is 1. The SMILES string of the molecule is COC(=O)N[C@@H](Cc1ccccc1Cl)C(=O)NC(CCCN1C(=N)N[C@](CC(C)C)(c2ccccc2)C1=O)C1CC1. The normalized spacial score (nSPS) is 20.0. The molecular formula is C31H40ClN5O4. The van der Waals surface area contributed by atoms with Crippen LogP contribution in [0.4, 0.5) is 4.79 Å². The summed E-state index contributed by atoms with van der Waals surface area (Å²) < 4.78 is 4.75. The maximum absolute atomic E-state index is 13.8. The second-order valence-corrected chi connectivity index (χ2v) is 11.8. The minimum absolute atomic E-state index is 0.105. The number of guanidine groups is 1. The minimum atomic E-state index is -0.956. The molecule has 0 bridgehead atoms. The van der Waals surface area contributed by atoms with Gasteiger partial charge in [-0.1, -0.05) is 74.0 Å². The quantitative estimate of drug-likeness (QED) is 0.275. The van der Waals surface area contributed by atoms with Crippen LogP contribution in [-0.2, 0) is 26.3 Å². The topological polar surface area (TPSA) is 124 Å². The first kappa shape index (κ1) is 30.4. The van der Waals surface area contributed by atoms with E-state index < -0.39 is 17.7 Å². The number of carbonyl (C=O) groups excluding carboxylic acids is 3. The summed E-state index contributed by atoms with van der Waals surface area (Å²) in [6, 6.07) is 15.9. The number of hydrogen-bond acceptors (Lipinski definition) is 5. The number of nitrogens with zero attached hydrogens (tertiary/aromatic N) is 1. The zero-order chi connectivity index (χ0) is 29.6. The fourth-order valence-corrected chi connectivity index (χ4v) is 5.84. The minimum Gasteiger partial charge on any atom is -0.453 e. The first-order valence-corrected chi connectivity index (χ1v) is 14.6. The van der Waals surface area contributed by atoms with Crippen LogP contribution < -0.4 is 16.0 Å². The van der Waals surface area contributed by atoms with E-state index in [9.17, 15) is 14.4 Å². The van der Waals surface area contributed by atoms with Gasteiger partial charge in [0.05, 0.1) is 7.11 Å². The molecule has 1 unspecified atom stereocenters. The second-order valence-electron chi connectivity index (χ2n) is 11.4. The van der Waals surface area contributed by atoms with E-state index in [0.717, 1.165) is 24.0 Å². The third kappa shape index (κ3) is 7.38. The van der Waals surface area contributed by atoms with Gasteiger partial charge in [0.2, 0.25) is 5.91 Å². The summed E-state index contributed by atoms with van der Waals surface area (Å²) in [7, 11) is 1.26. The van der Waals surface area contributed by atoms with E-state index in [2.05, 4.69) is 29.8 Å². The number of rotatable bonds is 13. The molecule has 1 aliphatic carbocycles. The fourth-order valence-electron chi connectivity index (χ4n) is 5.63. The largest absolute Gasteiger partial charge is 0.453 e. The maximum atomic E-state index is 13.8. The summed E-state index contributed by atoms with van der Waals surface area (Å²) in [6.07, 6.45) is 3.39. The van der Waals surface area contributed by atoms with E-state index in [0.29, 0.717) is 36.7 Å². The Morgan fingerprint density at radius 2 is 1.80 bits per heavy atom. The van der Waals surface area contributed by atoms with Gasteiger partial charge in [-0.25, -0.2) is 4.79 Å². The molecule has 3 amide bonds. The number of halogens is 1. The van der Waals surface area contributed by atoms with Gasteiger partial charge in [0.15, 0.2) is 5.96 Å². The number of carbonyl (C=O) groups is 3. The predicted octanol–water partition coefficient (Wildman–Crippen LogP) is 4.59. The van der Waals surface area contributed by atoms with Crippen molar-refractivity contribution in [2.24, 2.45) is 11.8 Å². The molecule has 1 saturated carbocycles. The van der Waals surface area contributed by atoms with Crippen molar-refractivity contribution in [1.29, 1.82) is 5.41 Å². The standard InChI is InChI=1S/C31H40ClN5O4/c1-20(2)19-31(23-11-5-4-6-12-23)28(39)37(29(33)36-31)17-9-14-25(21-15-16-21)34-27(38)26(35-30(40)41-3)18-22-10-7-8-13-24(22)32/h4-8,10-13,20-21,25-26H,9,14-19H2,1-3H3,(H2,33,36)(H,34,38)(H,35,40)/t25?,26-,31+/m0/s1. The van der Waals surface area contributed by atoms with Crippen LogP contribution in [0.15, 0.2) is 54.6 Å². The van der Waals surface area contributed by atoms with E-state index in [1.54, 1.807) is 6.07 Å². The monoisotopic (exact) mass is 581 g/mol. The molecule has 41 heavy (non-hydrogen) atoms. The molecule has 9 nitrogen and oxygen atoms in total. The molecule has 10 heteroatoms. The van der Waals surface area contributed by atoms with Crippen molar-refractivity contribution in [3.8, 4) is 0 Å². The van der Waals surface area contributed by atoms with E-state index in [1.165, 1.54) is 12.0 Å². The van der Waals surface area contributed by atoms with Crippen LogP contribution in [0, 0.1) is 17.2 Å². The summed E-state index contributed by atoms with van der Waals surface area (Å²) in [5, 5.41) is 18.1. The van der Waals surface area contributed by atoms with Crippen LogP contribution in [0.5, 0.6) is 0 Å². The van der Waals surface area contributed by atoms with Gasteiger partial charge in [-0.15, -0.1) is 0 Å². The van der Waals surface area contributed by atoms with Gasteiger partial charge in [0, 0.05) is 24.0 Å². The molecule has 0 spiro atoms. The van der Waals surface area contributed by atoms with Gasteiger partial charge in [0.1, 0.15) is 11.6 Å². The number of nitrogens with one attached hydrogen (secondary N) is 4. The molecule has 1 aliphatic heterocycles. The number of methoxy groups -OCH3 is 1. The lowest BCUT2D eigenvalue weighted by molar-refractivity contribution is -0.132. The highest BCUT2D eigenvalue weighted by atomic mass is 35.5. The van der Waals surface area contributed by atoms with Gasteiger partial charge in [0.25, 0.3) is 5.91 Å². The Balaban J connectivity index is 1.41. The van der Waals surface area contributed by atoms with Crippen molar-refractivity contribution >= 4 is 35.5 Å².